The molecule has 0 spiro atoms. The van der Waals surface area contributed by atoms with Crippen LogP contribution in [0.4, 0.5) is 11.8 Å². The second-order valence-electron chi connectivity index (χ2n) is 9.38. The smallest absolute Gasteiger partial charge is 0.230 e. The highest BCUT2D eigenvalue weighted by molar-refractivity contribution is 6.33. The van der Waals surface area contributed by atoms with E-state index in [0.717, 1.165) is 49.5 Å². The Morgan fingerprint density at radius 3 is 2.75 bits per heavy atom. The van der Waals surface area contributed by atoms with Gasteiger partial charge in [-0.15, -0.1) is 0 Å². The lowest BCUT2D eigenvalue weighted by Gasteiger charge is -2.32. The fourth-order valence-corrected chi connectivity index (χ4v) is 4.91. The summed E-state index contributed by atoms with van der Waals surface area (Å²) in [6.45, 7) is 6.23. The molecule has 184 valence electrons. The van der Waals surface area contributed by atoms with Gasteiger partial charge in [0.15, 0.2) is 0 Å². The van der Waals surface area contributed by atoms with Gasteiger partial charge in [-0.3, -0.25) is 4.99 Å². The maximum Gasteiger partial charge on any atom is 0.230 e. The average molecular weight is 503 g/mol. The number of aromatic nitrogens is 2. The van der Waals surface area contributed by atoms with Gasteiger partial charge < -0.3 is 24.3 Å². The molecule has 0 saturated carbocycles. The van der Waals surface area contributed by atoms with Crippen molar-refractivity contribution in [3.05, 3.63) is 70.2 Å². The Hall–Kier alpha value is -3.62. The molecule has 0 unspecified atom stereocenters. The summed E-state index contributed by atoms with van der Waals surface area (Å²) in [4.78, 5) is 18.6. The van der Waals surface area contributed by atoms with Gasteiger partial charge in [-0.25, -0.2) is 0 Å². The maximum atomic E-state index is 6.74. The molecule has 0 atom stereocenters. The van der Waals surface area contributed by atoms with Gasteiger partial charge in [-0.05, 0) is 50.2 Å². The third-order valence-electron chi connectivity index (χ3n) is 6.61. The minimum absolute atomic E-state index is 0.427. The molecular weight excluding hydrogens is 476 g/mol. The summed E-state index contributed by atoms with van der Waals surface area (Å²) >= 11 is 6.74. The lowest BCUT2D eigenvalue weighted by molar-refractivity contribution is 0.310. The number of allylic oxidation sites excluding steroid dienone is 1. The topological polar surface area (TPSA) is 79.0 Å². The molecule has 0 amide bonds. The normalized spacial score (nSPS) is 17.5. The largest absolute Gasteiger partial charge is 0.465 e. The number of hydrogen-bond donors (Lipinski definition) is 1. The van der Waals surface area contributed by atoms with E-state index >= 15 is 0 Å². The van der Waals surface area contributed by atoms with E-state index in [-0.39, 0.29) is 0 Å². The van der Waals surface area contributed by atoms with E-state index in [2.05, 4.69) is 46.2 Å². The molecule has 4 heterocycles. The van der Waals surface area contributed by atoms with E-state index in [1.165, 1.54) is 11.1 Å². The van der Waals surface area contributed by atoms with Crippen molar-refractivity contribution < 1.29 is 9.15 Å². The van der Waals surface area contributed by atoms with Crippen LogP contribution in [0.2, 0.25) is 5.02 Å². The number of ether oxygens (including phenoxy) is 1. The van der Waals surface area contributed by atoms with E-state index in [4.69, 9.17) is 30.7 Å². The van der Waals surface area contributed by atoms with Gasteiger partial charge >= 0.3 is 0 Å². The third-order valence-corrected chi connectivity index (χ3v) is 7.00. The standard InChI is InChI=1S/C27H27ClN6O2/c1-17-12-18-5-6-22(26(28)20(18)13-17)36-25-15-24(31-27(32-25)34-9-7-33(2)8-10-34)30-23-14-19(16-29-23)21-4-3-11-35-21/h3-6,11,13-15H,7-10,12,16H2,1-2H3,(H,29,30,31,32). The summed E-state index contributed by atoms with van der Waals surface area (Å²) in [5.41, 5.74) is 4.54. The first-order valence-electron chi connectivity index (χ1n) is 12.1. The number of halogens is 1. The number of rotatable bonds is 5. The van der Waals surface area contributed by atoms with Crippen LogP contribution < -0.4 is 15.0 Å². The van der Waals surface area contributed by atoms with Crippen molar-refractivity contribution in [2.24, 2.45) is 4.99 Å². The molecule has 6 rings (SSSR count). The highest BCUT2D eigenvalue weighted by Crippen LogP contribution is 2.39. The molecule has 0 bridgehead atoms. The van der Waals surface area contributed by atoms with Crippen LogP contribution in [0, 0.1) is 0 Å². The van der Waals surface area contributed by atoms with Crippen molar-refractivity contribution in [2.75, 3.05) is 50.0 Å². The number of likely N-dealkylation sites (N-methyl/N-ethyl adjacent to an activating group) is 1. The van der Waals surface area contributed by atoms with Crippen molar-refractivity contribution in [1.29, 1.82) is 0 Å². The second kappa shape index (κ2) is 9.44. The number of furan rings is 1. The van der Waals surface area contributed by atoms with Crippen LogP contribution in [0.1, 0.15) is 23.8 Å². The van der Waals surface area contributed by atoms with Gasteiger partial charge in [-0.2, -0.15) is 9.97 Å². The Morgan fingerprint density at radius 2 is 1.94 bits per heavy atom. The molecule has 2 aromatic heterocycles. The Bertz CT molecular complexity index is 1390. The predicted octanol–water partition coefficient (Wildman–Crippen LogP) is 5.13. The highest BCUT2D eigenvalue weighted by Gasteiger charge is 2.21. The monoisotopic (exact) mass is 502 g/mol. The van der Waals surface area contributed by atoms with Crippen molar-refractivity contribution in [1.82, 2.24) is 14.9 Å². The van der Waals surface area contributed by atoms with Gasteiger partial charge in [0.2, 0.25) is 11.8 Å². The number of hydrogen-bond acceptors (Lipinski definition) is 8. The summed E-state index contributed by atoms with van der Waals surface area (Å²) in [6.07, 6.45) is 6.68. The van der Waals surface area contributed by atoms with Gasteiger partial charge in [0.1, 0.15) is 23.2 Å². The number of aliphatic imine (C=N–C) groups is 1. The fraction of sp³-hybridized carbons (Fsp3) is 0.296. The summed E-state index contributed by atoms with van der Waals surface area (Å²) in [5.74, 6) is 3.76. The van der Waals surface area contributed by atoms with Gasteiger partial charge in [0.05, 0.1) is 17.8 Å². The molecule has 3 aromatic rings. The quantitative estimate of drug-likeness (QED) is 0.517. The SMILES string of the molecule is CC1=Cc2c(ccc(Oc3cc(NC4=NCC(c5ccco5)=C4)nc(N4CCN(C)CC4)n3)c2Cl)C1. The van der Waals surface area contributed by atoms with E-state index in [9.17, 15) is 0 Å². The molecule has 36 heavy (non-hydrogen) atoms. The zero-order chi connectivity index (χ0) is 24.6. The molecule has 0 radical (unpaired) electrons. The lowest BCUT2D eigenvalue weighted by Crippen LogP contribution is -2.45. The van der Waals surface area contributed by atoms with Crippen LogP contribution in [-0.2, 0) is 6.42 Å². The Kier molecular flexibility index (Phi) is 5.99. The Balaban J connectivity index is 1.30. The van der Waals surface area contributed by atoms with E-state index < -0.39 is 0 Å². The Morgan fingerprint density at radius 1 is 1.08 bits per heavy atom. The number of fused-ring (bicyclic) bond motifs is 1. The molecular formula is C27H27ClN6O2. The summed E-state index contributed by atoms with van der Waals surface area (Å²) in [5, 5.41) is 3.93. The van der Waals surface area contributed by atoms with E-state index in [0.29, 0.717) is 40.8 Å². The molecule has 2 aliphatic heterocycles. The minimum atomic E-state index is 0.427. The first-order valence-corrected chi connectivity index (χ1v) is 12.4. The zero-order valence-electron chi connectivity index (χ0n) is 20.3. The molecule has 1 fully saturated rings. The highest BCUT2D eigenvalue weighted by atomic mass is 35.5. The van der Waals surface area contributed by atoms with Crippen LogP contribution >= 0.6 is 11.6 Å². The molecule has 9 heteroatoms. The summed E-state index contributed by atoms with van der Waals surface area (Å²) in [6, 6.07) is 9.57. The third kappa shape index (κ3) is 4.62. The molecule has 1 aromatic carbocycles. The number of benzene rings is 1. The van der Waals surface area contributed by atoms with Crippen LogP contribution in [0.3, 0.4) is 0 Å². The molecule has 1 N–H and O–H groups in total. The molecule has 3 aliphatic rings. The van der Waals surface area contributed by atoms with Gasteiger partial charge in [0.25, 0.3) is 0 Å². The lowest BCUT2D eigenvalue weighted by atomic mass is 10.1. The first-order chi connectivity index (χ1) is 17.5. The van der Waals surface area contributed by atoms with Crippen LogP contribution in [0.15, 0.2) is 57.7 Å². The van der Waals surface area contributed by atoms with Crippen molar-refractivity contribution >= 4 is 40.9 Å². The Labute approximate surface area is 215 Å². The summed E-state index contributed by atoms with van der Waals surface area (Å²) < 4.78 is 11.8. The second-order valence-corrected chi connectivity index (χ2v) is 9.75. The summed E-state index contributed by atoms with van der Waals surface area (Å²) in [7, 11) is 2.12. The van der Waals surface area contributed by atoms with Crippen LogP contribution in [-0.4, -0.2) is 60.5 Å². The number of nitrogens with zero attached hydrogens (tertiary/aromatic N) is 5. The number of anilines is 2. The molecule has 1 saturated heterocycles. The van der Waals surface area contributed by atoms with Gasteiger partial charge in [0, 0.05) is 43.4 Å². The van der Waals surface area contributed by atoms with E-state index in [1.807, 2.05) is 24.3 Å². The number of piperazine rings is 1. The predicted molar refractivity (Wildman–Crippen MR) is 143 cm³/mol. The minimum Gasteiger partial charge on any atom is -0.465 e. The number of amidine groups is 1. The fourth-order valence-electron chi connectivity index (χ4n) is 4.63. The van der Waals surface area contributed by atoms with Crippen LogP contribution in [0.25, 0.3) is 11.6 Å². The maximum absolute atomic E-state index is 6.74. The van der Waals surface area contributed by atoms with Crippen molar-refractivity contribution in [3.63, 3.8) is 0 Å². The number of nitrogens with one attached hydrogen (secondary N) is 1. The van der Waals surface area contributed by atoms with Crippen molar-refractivity contribution in [3.8, 4) is 11.6 Å². The average Bonchev–Trinajstić information content (AvgIpc) is 3.62. The van der Waals surface area contributed by atoms with E-state index in [1.54, 1.807) is 12.3 Å². The zero-order valence-corrected chi connectivity index (χ0v) is 21.0. The molecule has 1 aliphatic carbocycles. The van der Waals surface area contributed by atoms with Gasteiger partial charge in [-0.1, -0.05) is 29.3 Å². The van der Waals surface area contributed by atoms with Crippen molar-refractivity contribution in [2.45, 2.75) is 13.3 Å². The van der Waals surface area contributed by atoms with Crippen LogP contribution in [0.5, 0.6) is 11.6 Å². The molecule has 8 nitrogen and oxygen atoms in total. The first kappa shape index (κ1) is 22.8.